The molecule has 5 aromatic rings. The maximum Gasteiger partial charge on any atom is 0.135 e. The van der Waals surface area contributed by atoms with Crippen LogP contribution in [0.15, 0.2) is 83.3 Å². The van der Waals surface area contributed by atoms with E-state index in [-0.39, 0.29) is 11.9 Å². The highest BCUT2D eigenvalue weighted by molar-refractivity contribution is 6.05. The molecule has 5 rings (SSSR count). The Morgan fingerprint density at radius 2 is 1.35 bits per heavy atom. The van der Waals surface area contributed by atoms with E-state index in [2.05, 4.69) is 30.3 Å². The summed E-state index contributed by atoms with van der Waals surface area (Å²) in [6.07, 6.45) is 0. The van der Waals surface area contributed by atoms with Crippen LogP contribution >= 0.6 is 0 Å². The molecule has 2 nitrogen and oxygen atoms in total. The van der Waals surface area contributed by atoms with Crippen LogP contribution < -0.4 is 5.73 Å². The summed E-state index contributed by atoms with van der Waals surface area (Å²) in [6.45, 7) is 0. The van der Waals surface area contributed by atoms with E-state index in [9.17, 15) is 4.39 Å². The van der Waals surface area contributed by atoms with Crippen molar-refractivity contribution < 1.29 is 8.81 Å². The third-order valence-corrected chi connectivity index (χ3v) is 4.95. The molecule has 0 saturated heterocycles. The van der Waals surface area contributed by atoms with Crippen molar-refractivity contribution in [2.45, 2.75) is 6.04 Å². The second-order valence-corrected chi connectivity index (χ2v) is 6.58. The summed E-state index contributed by atoms with van der Waals surface area (Å²) in [6, 6.07) is 24.7. The fourth-order valence-corrected chi connectivity index (χ4v) is 3.55. The summed E-state index contributed by atoms with van der Waals surface area (Å²) >= 11 is 0. The van der Waals surface area contributed by atoms with E-state index < -0.39 is 0 Å². The van der Waals surface area contributed by atoms with E-state index in [1.165, 1.54) is 17.5 Å². The van der Waals surface area contributed by atoms with Crippen LogP contribution in [0.2, 0.25) is 0 Å². The molecule has 2 N–H and O–H groups in total. The monoisotopic (exact) mass is 341 g/mol. The molecular weight excluding hydrogens is 325 g/mol. The minimum atomic E-state index is -0.274. The fraction of sp³-hybridized carbons (Fsp3) is 0.0435. The number of hydrogen-bond acceptors (Lipinski definition) is 2. The summed E-state index contributed by atoms with van der Waals surface area (Å²) in [5, 5.41) is 4.01. The van der Waals surface area contributed by atoms with E-state index in [0.29, 0.717) is 5.58 Å². The van der Waals surface area contributed by atoms with Crippen LogP contribution in [0.3, 0.4) is 0 Å². The van der Waals surface area contributed by atoms with Crippen molar-refractivity contribution in [3.8, 4) is 0 Å². The first kappa shape index (κ1) is 15.1. The summed E-state index contributed by atoms with van der Waals surface area (Å²) in [5.41, 5.74) is 9.97. The van der Waals surface area contributed by atoms with E-state index in [1.54, 1.807) is 6.07 Å². The van der Waals surface area contributed by atoms with Gasteiger partial charge in [-0.15, -0.1) is 0 Å². The highest BCUT2D eigenvalue weighted by Crippen LogP contribution is 2.32. The Kier molecular flexibility index (Phi) is 3.30. The molecular formula is C23H16FNO. The van der Waals surface area contributed by atoms with Crippen LogP contribution in [0.5, 0.6) is 0 Å². The zero-order valence-corrected chi connectivity index (χ0v) is 13.9. The molecule has 4 aromatic carbocycles. The van der Waals surface area contributed by atoms with E-state index in [4.69, 9.17) is 10.2 Å². The number of rotatable bonds is 2. The molecule has 0 aliphatic heterocycles. The minimum Gasteiger partial charge on any atom is -0.456 e. The summed E-state index contributed by atoms with van der Waals surface area (Å²) < 4.78 is 19.4. The zero-order chi connectivity index (χ0) is 17.7. The quantitative estimate of drug-likeness (QED) is 0.432. The third kappa shape index (κ3) is 2.37. The first-order chi connectivity index (χ1) is 12.7. The van der Waals surface area contributed by atoms with Crippen molar-refractivity contribution in [3.05, 3.63) is 95.8 Å². The lowest BCUT2D eigenvalue weighted by molar-refractivity contribution is 0.626. The van der Waals surface area contributed by atoms with Crippen LogP contribution in [0.1, 0.15) is 17.2 Å². The van der Waals surface area contributed by atoms with Crippen LogP contribution in [0.25, 0.3) is 32.7 Å². The maximum atomic E-state index is 13.6. The maximum absolute atomic E-state index is 13.6. The van der Waals surface area contributed by atoms with Gasteiger partial charge in [0.2, 0.25) is 0 Å². The van der Waals surface area contributed by atoms with Gasteiger partial charge in [0, 0.05) is 10.8 Å². The minimum absolute atomic E-state index is 0.262. The van der Waals surface area contributed by atoms with Gasteiger partial charge < -0.3 is 10.2 Å². The first-order valence-electron chi connectivity index (χ1n) is 8.55. The standard InChI is InChI=1S/C23H16FNO/c24-18-8-10-22-20(13-18)19-12-17(7-9-21(19)26-22)23(25)16-6-5-14-3-1-2-4-15(14)11-16/h1-13,23H,25H2. The first-order valence-corrected chi connectivity index (χ1v) is 8.55. The Balaban J connectivity index is 1.64. The molecule has 0 saturated carbocycles. The Labute approximate surface area is 149 Å². The number of furan rings is 1. The fourth-order valence-electron chi connectivity index (χ4n) is 3.55. The molecule has 0 bridgehead atoms. The van der Waals surface area contributed by atoms with Gasteiger partial charge in [0.1, 0.15) is 17.0 Å². The Hall–Kier alpha value is -3.17. The molecule has 0 radical (unpaired) electrons. The smallest absolute Gasteiger partial charge is 0.135 e. The molecule has 0 fully saturated rings. The lowest BCUT2D eigenvalue weighted by Gasteiger charge is -2.13. The van der Waals surface area contributed by atoms with Crippen molar-refractivity contribution in [1.82, 2.24) is 0 Å². The van der Waals surface area contributed by atoms with Crippen molar-refractivity contribution in [3.63, 3.8) is 0 Å². The van der Waals surface area contributed by atoms with Gasteiger partial charge in [-0.1, -0.05) is 42.5 Å². The van der Waals surface area contributed by atoms with Crippen molar-refractivity contribution in [2.24, 2.45) is 5.73 Å². The highest BCUT2D eigenvalue weighted by Gasteiger charge is 2.13. The lowest BCUT2D eigenvalue weighted by Crippen LogP contribution is -2.11. The van der Waals surface area contributed by atoms with Crippen molar-refractivity contribution in [1.29, 1.82) is 0 Å². The van der Waals surface area contributed by atoms with Gasteiger partial charge in [-0.3, -0.25) is 0 Å². The van der Waals surface area contributed by atoms with E-state index in [1.807, 2.05) is 30.3 Å². The summed E-state index contributed by atoms with van der Waals surface area (Å²) in [5.74, 6) is -0.274. The predicted octanol–water partition coefficient (Wildman–Crippen LogP) is 5.93. The summed E-state index contributed by atoms with van der Waals surface area (Å²) in [7, 11) is 0. The highest BCUT2D eigenvalue weighted by atomic mass is 19.1. The number of halogens is 1. The van der Waals surface area contributed by atoms with Gasteiger partial charge >= 0.3 is 0 Å². The third-order valence-electron chi connectivity index (χ3n) is 4.95. The van der Waals surface area contributed by atoms with Gasteiger partial charge in [-0.25, -0.2) is 4.39 Å². The van der Waals surface area contributed by atoms with Crippen LogP contribution in [0, 0.1) is 5.82 Å². The molecule has 1 atom stereocenters. The average Bonchev–Trinajstić information content (AvgIpc) is 3.04. The molecule has 0 amide bonds. The zero-order valence-electron chi connectivity index (χ0n) is 13.9. The van der Waals surface area contributed by atoms with Crippen LogP contribution in [-0.2, 0) is 0 Å². The summed E-state index contributed by atoms with van der Waals surface area (Å²) in [4.78, 5) is 0. The molecule has 1 heterocycles. The van der Waals surface area contributed by atoms with Gasteiger partial charge in [0.05, 0.1) is 6.04 Å². The van der Waals surface area contributed by atoms with E-state index in [0.717, 1.165) is 32.9 Å². The molecule has 0 aliphatic carbocycles. The molecule has 26 heavy (non-hydrogen) atoms. The number of benzene rings is 4. The Morgan fingerprint density at radius 3 is 2.19 bits per heavy atom. The van der Waals surface area contributed by atoms with E-state index >= 15 is 0 Å². The second-order valence-electron chi connectivity index (χ2n) is 6.58. The Bertz CT molecular complexity index is 1270. The molecule has 0 spiro atoms. The molecule has 126 valence electrons. The molecule has 3 heteroatoms. The molecule has 1 unspecified atom stereocenters. The largest absolute Gasteiger partial charge is 0.456 e. The normalized spacial score (nSPS) is 12.8. The van der Waals surface area contributed by atoms with Crippen LogP contribution in [-0.4, -0.2) is 0 Å². The topological polar surface area (TPSA) is 39.2 Å². The number of fused-ring (bicyclic) bond motifs is 4. The Morgan fingerprint density at radius 1 is 0.692 bits per heavy atom. The van der Waals surface area contributed by atoms with Gasteiger partial charge in [-0.05, 0) is 58.3 Å². The lowest BCUT2D eigenvalue weighted by atomic mass is 9.96. The number of hydrogen-bond donors (Lipinski definition) is 1. The van der Waals surface area contributed by atoms with Gasteiger partial charge in [0.15, 0.2) is 0 Å². The van der Waals surface area contributed by atoms with Crippen molar-refractivity contribution in [2.75, 3.05) is 0 Å². The average molecular weight is 341 g/mol. The van der Waals surface area contributed by atoms with Gasteiger partial charge in [0.25, 0.3) is 0 Å². The second kappa shape index (κ2) is 5.68. The van der Waals surface area contributed by atoms with Crippen molar-refractivity contribution >= 4 is 32.7 Å². The predicted molar refractivity (Wildman–Crippen MR) is 104 cm³/mol. The molecule has 1 aromatic heterocycles. The number of nitrogens with two attached hydrogens (primary N) is 1. The van der Waals surface area contributed by atoms with Crippen LogP contribution in [0.4, 0.5) is 4.39 Å². The molecule has 0 aliphatic rings. The van der Waals surface area contributed by atoms with Gasteiger partial charge in [-0.2, -0.15) is 0 Å². The SMILES string of the molecule is NC(c1ccc2ccccc2c1)c1ccc2oc3ccc(F)cc3c2c1.